The Hall–Kier alpha value is -1.06. The van der Waals surface area contributed by atoms with Crippen LogP contribution in [0.3, 0.4) is 0 Å². The molecular formula is C19H27Cl2IN6. The summed E-state index contributed by atoms with van der Waals surface area (Å²) in [5, 5.41) is 12.7. The predicted octanol–water partition coefficient (Wildman–Crippen LogP) is 4.01. The summed E-state index contributed by atoms with van der Waals surface area (Å²) < 4.78 is 2.00. The average molecular weight is 537 g/mol. The molecule has 0 aliphatic carbocycles. The number of rotatable bonds is 6. The SMILES string of the molecule is CCNC(=NCCCc1ccc(Cl)cc1Cl)NC1CCc2nc(C)nn2C1.I. The van der Waals surface area contributed by atoms with E-state index in [2.05, 4.69) is 27.6 Å². The van der Waals surface area contributed by atoms with Gasteiger partial charge in [0.2, 0.25) is 0 Å². The van der Waals surface area contributed by atoms with Crippen LogP contribution in [0.5, 0.6) is 0 Å². The summed E-state index contributed by atoms with van der Waals surface area (Å²) in [4.78, 5) is 9.17. The minimum Gasteiger partial charge on any atom is -0.357 e. The van der Waals surface area contributed by atoms with E-state index in [1.54, 1.807) is 6.07 Å². The zero-order chi connectivity index (χ0) is 19.2. The molecule has 9 heteroatoms. The Morgan fingerprint density at radius 3 is 2.93 bits per heavy atom. The van der Waals surface area contributed by atoms with Crippen molar-refractivity contribution in [2.75, 3.05) is 13.1 Å². The molecule has 0 amide bonds. The van der Waals surface area contributed by atoms with Crippen LogP contribution in [0, 0.1) is 6.92 Å². The Bertz CT molecular complexity index is 808. The largest absolute Gasteiger partial charge is 0.357 e. The van der Waals surface area contributed by atoms with Gasteiger partial charge in [-0.05, 0) is 50.8 Å². The fraction of sp³-hybridized carbons (Fsp3) is 0.526. The van der Waals surface area contributed by atoms with Crippen LogP contribution in [-0.2, 0) is 19.4 Å². The number of guanidine groups is 1. The second-order valence-corrected chi connectivity index (χ2v) is 7.58. The smallest absolute Gasteiger partial charge is 0.191 e. The highest BCUT2D eigenvalue weighted by molar-refractivity contribution is 14.0. The van der Waals surface area contributed by atoms with E-state index >= 15 is 0 Å². The number of benzene rings is 1. The van der Waals surface area contributed by atoms with Crippen LogP contribution in [0.15, 0.2) is 23.2 Å². The molecule has 1 unspecified atom stereocenters. The van der Waals surface area contributed by atoms with Crippen molar-refractivity contribution in [1.29, 1.82) is 0 Å². The number of halogens is 3. The molecule has 6 nitrogen and oxygen atoms in total. The molecule has 2 N–H and O–H groups in total. The van der Waals surface area contributed by atoms with Crippen LogP contribution in [-0.4, -0.2) is 39.9 Å². The van der Waals surface area contributed by atoms with Crippen molar-refractivity contribution in [2.24, 2.45) is 4.99 Å². The Morgan fingerprint density at radius 1 is 1.36 bits per heavy atom. The zero-order valence-electron chi connectivity index (χ0n) is 16.2. The van der Waals surface area contributed by atoms with Crippen LogP contribution in [0.1, 0.15) is 37.0 Å². The van der Waals surface area contributed by atoms with Crippen molar-refractivity contribution in [3.8, 4) is 0 Å². The maximum absolute atomic E-state index is 6.23. The van der Waals surface area contributed by atoms with Gasteiger partial charge in [-0.25, -0.2) is 9.67 Å². The molecule has 0 radical (unpaired) electrons. The molecule has 0 bridgehead atoms. The average Bonchev–Trinajstić information content (AvgIpc) is 2.99. The summed E-state index contributed by atoms with van der Waals surface area (Å²) in [5.74, 6) is 2.77. The molecule has 0 saturated heterocycles. The lowest BCUT2D eigenvalue weighted by Gasteiger charge is -2.25. The molecule has 1 aliphatic rings. The second kappa shape index (κ2) is 11.2. The fourth-order valence-electron chi connectivity index (χ4n) is 3.25. The topological polar surface area (TPSA) is 67.1 Å². The maximum Gasteiger partial charge on any atom is 0.191 e. The van der Waals surface area contributed by atoms with Gasteiger partial charge in [0.1, 0.15) is 11.6 Å². The number of aliphatic imine (C=N–C) groups is 1. The highest BCUT2D eigenvalue weighted by Gasteiger charge is 2.21. The summed E-state index contributed by atoms with van der Waals surface area (Å²) >= 11 is 12.2. The first-order valence-corrected chi connectivity index (χ1v) is 10.2. The quantitative estimate of drug-likeness (QED) is 0.253. The lowest BCUT2D eigenvalue weighted by molar-refractivity contribution is 0.392. The molecule has 1 aromatic carbocycles. The third kappa shape index (κ3) is 6.49. The Labute approximate surface area is 193 Å². The van der Waals surface area contributed by atoms with Crippen molar-refractivity contribution in [3.05, 3.63) is 45.5 Å². The van der Waals surface area contributed by atoms with Crippen molar-refractivity contribution in [3.63, 3.8) is 0 Å². The Morgan fingerprint density at radius 2 is 2.18 bits per heavy atom. The normalized spacial score (nSPS) is 16.3. The van der Waals surface area contributed by atoms with Crippen LogP contribution in [0.2, 0.25) is 10.0 Å². The van der Waals surface area contributed by atoms with Gasteiger partial charge in [-0.1, -0.05) is 29.3 Å². The van der Waals surface area contributed by atoms with Crippen molar-refractivity contribution < 1.29 is 0 Å². The minimum absolute atomic E-state index is 0. The van der Waals surface area contributed by atoms with Gasteiger partial charge in [-0.2, -0.15) is 5.10 Å². The van der Waals surface area contributed by atoms with Crippen LogP contribution in [0.25, 0.3) is 0 Å². The summed E-state index contributed by atoms with van der Waals surface area (Å²) in [6.45, 7) is 6.39. The monoisotopic (exact) mass is 536 g/mol. The number of nitrogens with one attached hydrogen (secondary N) is 2. The molecule has 0 fully saturated rings. The summed E-state index contributed by atoms with van der Waals surface area (Å²) in [7, 11) is 0. The van der Waals surface area contributed by atoms with Crippen LogP contribution < -0.4 is 10.6 Å². The molecule has 0 saturated carbocycles. The number of fused-ring (bicyclic) bond motifs is 1. The standard InChI is InChI=1S/C19H26Cl2N6.HI/c1-3-22-19(23-10-4-5-14-6-7-15(20)11-17(14)21)25-16-8-9-18-24-13(2)26-27(18)12-16;/h6-7,11,16H,3-5,8-10,12H2,1-2H3,(H2,22,23,25);1H. The van der Waals surface area contributed by atoms with E-state index in [0.717, 1.165) is 73.5 Å². The molecule has 28 heavy (non-hydrogen) atoms. The zero-order valence-corrected chi connectivity index (χ0v) is 20.1. The summed E-state index contributed by atoms with van der Waals surface area (Å²) in [5.41, 5.74) is 1.11. The highest BCUT2D eigenvalue weighted by Crippen LogP contribution is 2.22. The first-order valence-electron chi connectivity index (χ1n) is 9.44. The van der Waals surface area contributed by atoms with Gasteiger partial charge in [0.05, 0.1) is 6.54 Å². The number of aromatic nitrogens is 3. The maximum atomic E-state index is 6.23. The lowest BCUT2D eigenvalue weighted by atomic mass is 10.1. The van der Waals surface area contributed by atoms with Crippen molar-refractivity contribution in [2.45, 2.75) is 52.1 Å². The first kappa shape index (κ1) is 23.2. The van der Waals surface area contributed by atoms with E-state index in [1.807, 2.05) is 23.7 Å². The van der Waals surface area contributed by atoms with E-state index in [1.165, 1.54) is 0 Å². The fourth-order valence-corrected chi connectivity index (χ4v) is 3.75. The summed E-state index contributed by atoms with van der Waals surface area (Å²) in [6.07, 6.45) is 3.77. The van der Waals surface area contributed by atoms with E-state index < -0.39 is 0 Å². The molecule has 1 aliphatic heterocycles. The Kier molecular flexibility index (Phi) is 9.30. The van der Waals surface area contributed by atoms with Gasteiger partial charge in [-0.15, -0.1) is 24.0 Å². The van der Waals surface area contributed by atoms with Crippen molar-refractivity contribution >= 4 is 53.1 Å². The molecule has 1 aromatic heterocycles. The Balaban J connectivity index is 0.00000280. The van der Waals surface area contributed by atoms with Gasteiger partial charge >= 0.3 is 0 Å². The van der Waals surface area contributed by atoms with Gasteiger partial charge < -0.3 is 10.6 Å². The van der Waals surface area contributed by atoms with E-state index in [0.29, 0.717) is 11.1 Å². The number of aryl methyl sites for hydroxylation is 3. The minimum atomic E-state index is 0. The molecule has 2 heterocycles. The third-order valence-electron chi connectivity index (χ3n) is 4.54. The number of hydrogen-bond donors (Lipinski definition) is 2. The van der Waals surface area contributed by atoms with Gasteiger partial charge in [0, 0.05) is 35.6 Å². The third-order valence-corrected chi connectivity index (χ3v) is 5.13. The lowest BCUT2D eigenvalue weighted by Crippen LogP contribution is -2.47. The highest BCUT2D eigenvalue weighted by atomic mass is 127. The van der Waals surface area contributed by atoms with Crippen LogP contribution in [0.4, 0.5) is 0 Å². The van der Waals surface area contributed by atoms with Gasteiger partial charge in [-0.3, -0.25) is 4.99 Å². The van der Waals surface area contributed by atoms with E-state index in [4.69, 9.17) is 28.2 Å². The number of hydrogen-bond acceptors (Lipinski definition) is 3. The molecular weight excluding hydrogens is 510 g/mol. The van der Waals surface area contributed by atoms with Crippen LogP contribution >= 0.6 is 47.2 Å². The van der Waals surface area contributed by atoms with Gasteiger partial charge in [0.15, 0.2) is 5.96 Å². The molecule has 0 spiro atoms. The van der Waals surface area contributed by atoms with E-state index in [-0.39, 0.29) is 24.0 Å². The molecule has 1 atom stereocenters. The molecule has 154 valence electrons. The molecule has 3 rings (SSSR count). The van der Waals surface area contributed by atoms with E-state index in [9.17, 15) is 0 Å². The molecule has 2 aromatic rings. The second-order valence-electron chi connectivity index (χ2n) is 6.74. The number of nitrogens with zero attached hydrogens (tertiary/aromatic N) is 4. The first-order chi connectivity index (χ1) is 13.0. The predicted molar refractivity (Wildman–Crippen MR) is 126 cm³/mol. The summed E-state index contributed by atoms with van der Waals surface area (Å²) in [6, 6.07) is 5.96. The van der Waals surface area contributed by atoms with Gasteiger partial charge in [0.25, 0.3) is 0 Å². The van der Waals surface area contributed by atoms with Crippen molar-refractivity contribution in [1.82, 2.24) is 25.4 Å².